The molecule has 4 unspecified atom stereocenters. The van der Waals surface area contributed by atoms with Crippen LogP contribution in [0.1, 0.15) is 126 Å². The predicted molar refractivity (Wildman–Crippen MR) is 262 cm³/mol. The highest BCUT2D eigenvalue weighted by Gasteiger charge is 2.53. The summed E-state index contributed by atoms with van der Waals surface area (Å²) in [4.78, 5) is 72.2. The number of fused-ring (bicyclic) bond motifs is 3. The molecular weight excluding hydrogens is 906 g/mol. The number of hydrogen-bond donors (Lipinski definition) is 2. The number of nitrogens with zero attached hydrogens (tertiary/aromatic N) is 1. The maximum atomic E-state index is 14.5. The van der Waals surface area contributed by atoms with Gasteiger partial charge in [-0.2, -0.15) is 0 Å². The van der Waals surface area contributed by atoms with Crippen LogP contribution in [0.15, 0.2) is 47.6 Å². The number of hydrogen-bond acceptors (Lipinski definition) is 14. The van der Waals surface area contributed by atoms with E-state index in [1.165, 1.54) is 12.0 Å². The molecule has 0 aromatic carbocycles. The van der Waals surface area contributed by atoms with E-state index in [0.717, 1.165) is 12.0 Å². The van der Waals surface area contributed by atoms with E-state index < -0.39 is 85.6 Å². The number of carbonyl (C=O) groups is 5. The third-order valence-electron chi connectivity index (χ3n) is 14.9. The molecule has 0 aromatic heterocycles. The van der Waals surface area contributed by atoms with Gasteiger partial charge in [-0.05, 0) is 107 Å². The van der Waals surface area contributed by atoms with E-state index in [-0.39, 0.29) is 67.3 Å². The summed E-state index contributed by atoms with van der Waals surface area (Å²) >= 11 is 0. The topological polar surface area (TPSA) is 201 Å². The normalized spacial score (nSPS) is 39.0. The third kappa shape index (κ3) is 16.1. The molecule has 0 aromatic rings. The number of esters is 1. The van der Waals surface area contributed by atoms with Crippen LogP contribution in [0.5, 0.6) is 0 Å². The first-order chi connectivity index (χ1) is 32.6. The lowest BCUT2D eigenvalue weighted by Crippen LogP contribution is -2.61. The fraction of sp³-hybridized carbons (Fsp3) is 0.755. The molecule has 2 N–H and O–H groups in total. The number of carbonyl (C=O) groups excluding carboxylic acids is 5. The molecule has 3 heterocycles. The Morgan fingerprint density at radius 3 is 2.26 bits per heavy atom. The van der Waals surface area contributed by atoms with Gasteiger partial charge >= 0.3 is 13.8 Å². The molecule has 3 fully saturated rings. The van der Waals surface area contributed by atoms with E-state index >= 15 is 0 Å². The van der Waals surface area contributed by atoms with Gasteiger partial charge in [0.25, 0.3) is 11.7 Å². The second-order valence-corrected chi connectivity index (χ2v) is 22.0. The molecule has 1 amide bonds. The molecule has 4 rings (SSSR count). The zero-order chi connectivity index (χ0) is 51.2. The monoisotopic (exact) mass is 989 g/mol. The largest absolute Gasteiger partial charge is 0.460 e. The molecule has 16 atom stereocenters. The number of rotatable bonds is 9. The van der Waals surface area contributed by atoms with Crippen molar-refractivity contribution in [3.05, 3.63) is 47.6 Å². The zero-order valence-corrected chi connectivity index (χ0v) is 44.0. The fourth-order valence-corrected chi connectivity index (χ4v) is 10.9. The zero-order valence-electron chi connectivity index (χ0n) is 43.1. The van der Waals surface area contributed by atoms with Gasteiger partial charge in [0.2, 0.25) is 12.1 Å². The molecule has 4 aliphatic rings. The molecule has 15 nitrogen and oxygen atoms in total. The van der Waals surface area contributed by atoms with Gasteiger partial charge in [-0.25, -0.2) is 4.79 Å². The average molecular weight is 989 g/mol. The Morgan fingerprint density at radius 1 is 0.870 bits per heavy atom. The third-order valence-corrected chi connectivity index (χ3v) is 15.4. The molecule has 2 saturated heterocycles. The maximum absolute atomic E-state index is 14.5. The minimum Gasteiger partial charge on any atom is -0.460 e. The lowest BCUT2D eigenvalue weighted by molar-refractivity contribution is -0.265. The van der Waals surface area contributed by atoms with Crippen molar-refractivity contribution in [2.75, 3.05) is 40.9 Å². The molecule has 0 spiro atoms. The molecule has 1 aliphatic carbocycles. The Balaban J connectivity index is 1.70. The molecule has 1 saturated carbocycles. The Kier molecular flexibility index (Phi) is 23.3. The predicted octanol–water partition coefficient (Wildman–Crippen LogP) is 7.62. The number of piperidine rings is 1. The second-order valence-electron chi connectivity index (χ2n) is 20.5. The van der Waals surface area contributed by atoms with Crippen LogP contribution in [0.4, 0.5) is 0 Å². The van der Waals surface area contributed by atoms with Crippen LogP contribution in [0.3, 0.4) is 0 Å². The first-order valence-corrected chi connectivity index (χ1v) is 27.0. The van der Waals surface area contributed by atoms with E-state index in [1.807, 2.05) is 58.1 Å². The summed E-state index contributed by atoms with van der Waals surface area (Å²) in [5, 5.41) is 23.5. The van der Waals surface area contributed by atoms with E-state index in [4.69, 9.17) is 28.4 Å². The van der Waals surface area contributed by atoms with Gasteiger partial charge < -0.3 is 43.5 Å². The molecule has 2 bridgehead atoms. The summed E-state index contributed by atoms with van der Waals surface area (Å²) in [5.41, 5.74) is 1.26. The highest BCUT2D eigenvalue weighted by atomic mass is 31.1. The Morgan fingerprint density at radius 2 is 1.59 bits per heavy atom. The van der Waals surface area contributed by atoms with Gasteiger partial charge in [0.15, 0.2) is 5.78 Å². The summed E-state index contributed by atoms with van der Waals surface area (Å²) in [6.45, 7) is 14.4. The first-order valence-electron chi connectivity index (χ1n) is 25.1. The van der Waals surface area contributed by atoms with Crippen molar-refractivity contribution in [1.29, 1.82) is 0 Å². The van der Waals surface area contributed by atoms with Crippen LogP contribution < -0.4 is 0 Å². The van der Waals surface area contributed by atoms with Gasteiger partial charge in [0, 0.05) is 58.5 Å². The number of Topliss-reactive ketones (excluding diaryl/α,β-unsaturated/α-hetero) is 3. The standard InChI is InChI=1S/C53H83NO14P/c1-32-17-13-12-14-18-33(2)44(63-8)29-40-22-20-38(7)53(61,68-40)50(58)51(59)54-24-16-15-19-41(54)52(60)67-45(35(4)27-39-21-23-43(46(28-39)64-9)66-31-69(11)62)30-42(55)34(3)26-37(6)48(57)49(65-10)47(56)36(5)25-32/h12-14,17-18,26,32,34-36,38-41,43-46,48-49,57,61H,15-16,19-25,27-31H2,1-11H3/q+1/b14-12+,17-13+,33-18+,37-26+/t32-,34-,35-,36-,38-,39+,40?,41?,43?,44+,45+,46-,48-,49+,53-/m1/s1. The molecule has 16 heteroatoms. The quantitative estimate of drug-likeness (QED) is 0.0989. The van der Waals surface area contributed by atoms with Crippen molar-refractivity contribution in [2.45, 2.75) is 180 Å². The van der Waals surface area contributed by atoms with Crippen molar-refractivity contribution in [2.24, 2.45) is 35.5 Å². The van der Waals surface area contributed by atoms with Crippen LogP contribution >= 0.6 is 7.80 Å². The summed E-state index contributed by atoms with van der Waals surface area (Å²) in [6, 6.07) is -1.15. The van der Waals surface area contributed by atoms with Crippen LogP contribution in [-0.4, -0.2) is 140 Å². The molecule has 69 heavy (non-hydrogen) atoms. The smallest absolute Gasteiger partial charge is 0.363 e. The number of aliphatic hydroxyl groups is 2. The highest BCUT2D eigenvalue weighted by Crippen LogP contribution is 2.38. The first kappa shape index (κ1) is 58.3. The minimum atomic E-state index is -2.44. The van der Waals surface area contributed by atoms with E-state index in [2.05, 4.69) is 0 Å². The second kappa shape index (κ2) is 27.5. The van der Waals surface area contributed by atoms with Crippen LogP contribution in [0.25, 0.3) is 0 Å². The molecule has 388 valence electrons. The summed E-state index contributed by atoms with van der Waals surface area (Å²) in [5.74, 6) is -8.03. The van der Waals surface area contributed by atoms with E-state index in [9.17, 15) is 38.8 Å². The molecular formula is C53H83NO14P+. The number of amides is 1. The molecule has 0 radical (unpaired) electrons. The average Bonchev–Trinajstić information content (AvgIpc) is 3.32. The van der Waals surface area contributed by atoms with E-state index in [0.29, 0.717) is 63.4 Å². The van der Waals surface area contributed by atoms with Gasteiger partial charge in [-0.15, -0.1) is 0 Å². The Bertz CT molecular complexity index is 1900. The van der Waals surface area contributed by atoms with E-state index in [1.54, 1.807) is 47.7 Å². The number of ether oxygens (including phenoxy) is 6. The SMILES string of the molecule is CO[C@H]1CC2CC[C@@H](C)[C@@](O)(O2)C(=O)C(=O)N2CCCCC2C(=O)O[C@H]([C@H](C)C[C@@H]2CCC(OC[P+](C)=O)[C@H](OC)C2)CC(=O)[C@H](C)/C=C(\C)[C@@H](O)[C@@H](OC)C(=O)[C@H](C)C[C@H](C)/C=C/C=C/C=C/1C. The van der Waals surface area contributed by atoms with Crippen molar-refractivity contribution in [3.8, 4) is 0 Å². The van der Waals surface area contributed by atoms with Gasteiger partial charge in [-0.3, -0.25) is 19.2 Å². The Labute approximate surface area is 411 Å². The Hall–Kier alpha value is -3.27. The van der Waals surface area contributed by atoms with Crippen LogP contribution in [0, 0.1) is 35.5 Å². The lowest BCUT2D eigenvalue weighted by Gasteiger charge is -2.42. The number of cyclic esters (lactones) is 1. The van der Waals surface area contributed by atoms with Crippen LogP contribution in [-0.2, 0) is 57.0 Å². The maximum Gasteiger partial charge on any atom is 0.363 e. The van der Waals surface area contributed by atoms with Crippen molar-refractivity contribution >= 4 is 37.0 Å². The van der Waals surface area contributed by atoms with Gasteiger partial charge in [-0.1, -0.05) is 75.6 Å². The lowest BCUT2D eigenvalue weighted by atomic mass is 9.78. The molecule has 3 aliphatic heterocycles. The number of ketones is 3. The van der Waals surface area contributed by atoms with Crippen molar-refractivity contribution < 1.29 is 67.2 Å². The van der Waals surface area contributed by atoms with Crippen molar-refractivity contribution in [3.63, 3.8) is 0 Å². The summed E-state index contributed by atoms with van der Waals surface area (Å²) < 4.78 is 47.5. The fourth-order valence-electron chi connectivity index (χ4n) is 10.5. The minimum absolute atomic E-state index is 0.0133. The number of aliphatic hydroxyl groups excluding tert-OH is 1. The van der Waals surface area contributed by atoms with Crippen molar-refractivity contribution in [1.82, 2.24) is 4.90 Å². The van der Waals surface area contributed by atoms with Crippen LogP contribution in [0.2, 0.25) is 0 Å². The van der Waals surface area contributed by atoms with Gasteiger partial charge in [0.05, 0.1) is 24.4 Å². The summed E-state index contributed by atoms with van der Waals surface area (Å²) in [7, 11) is 3.09. The highest BCUT2D eigenvalue weighted by molar-refractivity contribution is 7.43. The van der Waals surface area contributed by atoms with Gasteiger partial charge in [0.1, 0.15) is 36.8 Å². The number of allylic oxidation sites excluding steroid dienone is 6. The number of methoxy groups -OCH3 is 3. The summed E-state index contributed by atoms with van der Waals surface area (Å²) in [6.07, 6.45) is 11.9.